The van der Waals surface area contributed by atoms with E-state index >= 15 is 0 Å². The molecule has 2 unspecified atom stereocenters. The topological polar surface area (TPSA) is 29.3 Å². The highest BCUT2D eigenvalue weighted by atomic mass is 15.2. The minimum Gasteiger partial charge on any atom is -0.329 e. The number of hydrogen-bond acceptors (Lipinski definition) is 2. The molecule has 0 bridgehead atoms. The summed E-state index contributed by atoms with van der Waals surface area (Å²) in [7, 11) is 0. The molecule has 2 nitrogen and oxygen atoms in total. The molecule has 0 aromatic rings. The number of piperidine rings is 1. The Kier molecular flexibility index (Phi) is 5.50. The van der Waals surface area contributed by atoms with Gasteiger partial charge >= 0.3 is 0 Å². The highest BCUT2D eigenvalue weighted by Gasteiger charge is 2.31. The van der Waals surface area contributed by atoms with E-state index in [9.17, 15) is 0 Å². The van der Waals surface area contributed by atoms with E-state index in [4.69, 9.17) is 5.73 Å². The van der Waals surface area contributed by atoms with Gasteiger partial charge in [0.2, 0.25) is 0 Å². The van der Waals surface area contributed by atoms with Crippen LogP contribution < -0.4 is 5.73 Å². The third kappa shape index (κ3) is 3.48. The molecule has 0 aromatic heterocycles. The molecular weight excluding hydrogens is 220 g/mol. The highest BCUT2D eigenvalue weighted by Crippen LogP contribution is 2.33. The van der Waals surface area contributed by atoms with Crippen molar-refractivity contribution in [1.82, 2.24) is 4.90 Å². The maximum atomic E-state index is 6.11. The Hall–Kier alpha value is -0.0800. The van der Waals surface area contributed by atoms with E-state index in [1.54, 1.807) is 0 Å². The van der Waals surface area contributed by atoms with Crippen LogP contribution in [0.25, 0.3) is 0 Å². The van der Waals surface area contributed by atoms with Gasteiger partial charge in [0.05, 0.1) is 0 Å². The number of nitrogens with zero attached hydrogens (tertiary/aromatic N) is 1. The van der Waals surface area contributed by atoms with Crippen molar-refractivity contribution in [3.63, 3.8) is 0 Å². The molecule has 2 aliphatic rings. The van der Waals surface area contributed by atoms with Crippen LogP contribution in [0.4, 0.5) is 0 Å². The third-order valence-electron chi connectivity index (χ3n) is 5.44. The predicted molar refractivity (Wildman–Crippen MR) is 78.6 cm³/mol. The van der Waals surface area contributed by atoms with Crippen LogP contribution in [0.15, 0.2) is 0 Å². The van der Waals surface area contributed by atoms with E-state index in [2.05, 4.69) is 18.7 Å². The van der Waals surface area contributed by atoms with Gasteiger partial charge in [-0.2, -0.15) is 0 Å². The van der Waals surface area contributed by atoms with Crippen molar-refractivity contribution in [2.24, 2.45) is 23.5 Å². The number of likely N-dealkylation sites (tertiary alicyclic amines) is 1. The monoisotopic (exact) mass is 252 g/mol. The average molecular weight is 252 g/mol. The van der Waals surface area contributed by atoms with Gasteiger partial charge in [0.25, 0.3) is 0 Å². The molecule has 1 aliphatic carbocycles. The molecule has 1 saturated heterocycles. The second-order valence-electron chi connectivity index (χ2n) is 6.73. The minimum absolute atomic E-state index is 0.673. The normalized spacial score (nSPS) is 36.5. The molecule has 2 atom stereocenters. The van der Waals surface area contributed by atoms with Gasteiger partial charge in [0.15, 0.2) is 0 Å². The van der Waals surface area contributed by atoms with Crippen LogP contribution in [0, 0.1) is 17.8 Å². The predicted octanol–water partition coefficient (Wildman–Crippen LogP) is 3.26. The molecule has 1 heterocycles. The summed E-state index contributed by atoms with van der Waals surface area (Å²) >= 11 is 0. The van der Waals surface area contributed by atoms with Crippen LogP contribution in [0.2, 0.25) is 0 Å². The molecule has 0 spiro atoms. The van der Waals surface area contributed by atoms with Crippen LogP contribution in [0.1, 0.15) is 58.8 Å². The Labute approximate surface area is 113 Å². The van der Waals surface area contributed by atoms with Crippen LogP contribution in [0.5, 0.6) is 0 Å². The Balaban J connectivity index is 1.91. The summed E-state index contributed by atoms with van der Waals surface area (Å²) in [4.78, 5) is 2.73. The quantitative estimate of drug-likeness (QED) is 0.832. The summed E-state index contributed by atoms with van der Waals surface area (Å²) in [6, 6.07) is 0.673. The van der Waals surface area contributed by atoms with Crippen molar-refractivity contribution in [1.29, 1.82) is 0 Å². The minimum atomic E-state index is 0.673. The first-order valence-corrected chi connectivity index (χ1v) is 8.18. The van der Waals surface area contributed by atoms with Crippen LogP contribution >= 0.6 is 0 Å². The number of hydrogen-bond donors (Lipinski definition) is 1. The fraction of sp³-hybridized carbons (Fsp3) is 1.00. The Morgan fingerprint density at radius 3 is 2.50 bits per heavy atom. The van der Waals surface area contributed by atoms with Gasteiger partial charge in [-0.3, -0.25) is 4.90 Å². The van der Waals surface area contributed by atoms with Gasteiger partial charge < -0.3 is 5.73 Å². The molecule has 0 radical (unpaired) electrons. The summed E-state index contributed by atoms with van der Waals surface area (Å²) in [5, 5.41) is 0. The van der Waals surface area contributed by atoms with E-state index in [-0.39, 0.29) is 0 Å². The van der Waals surface area contributed by atoms with Crippen molar-refractivity contribution >= 4 is 0 Å². The smallest absolute Gasteiger partial charge is 0.0246 e. The zero-order valence-electron chi connectivity index (χ0n) is 12.4. The Bertz CT molecular complexity index is 233. The second kappa shape index (κ2) is 6.91. The first-order valence-electron chi connectivity index (χ1n) is 8.18. The molecule has 0 amide bonds. The molecule has 1 aliphatic heterocycles. The Morgan fingerprint density at radius 1 is 1.17 bits per heavy atom. The number of nitrogens with two attached hydrogens (primary N) is 1. The molecular formula is C16H32N2. The lowest BCUT2D eigenvalue weighted by molar-refractivity contribution is 0.0696. The second-order valence-corrected chi connectivity index (χ2v) is 6.73. The van der Waals surface area contributed by atoms with E-state index in [0.29, 0.717) is 6.04 Å². The molecule has 106 valence electrons. The van der Waals surface area contributed by atoms with Gasteiger partial charge in [-0.15, -0.1) is 0 Å². The maximum absolute atomic E-state index is 6.11. The number of rotatable bonds is 4. The summed E-state index contributed by atoms with van der Waals surface area (Å²) in [5.74, 6) is 2.75. The van der Waals surface area contributed by atoms with Crippen molar-refractivity contribution in [2.75, 3.05) is 19.6 Å². The largest absolute Gasteiger partial charge is 0.329 e. The highest BCUT2D eigenvalue weighted by molar-refractivity contribution is 4.86. The zero-order chi connectivity index (χ0) is 13.0. The van der Waals surface area contributed by atoms with Crippen molar-refractivity contribution in [2.45, 2.75) is 64.8 Å². The molecule has 1 saturated carbocycles. The third-order valence-corrected chi connectivity index (χ3v) is 5.44. The maximum Gasteiger partial charge on any atom is 0.0246 e. The molecule has 2 rings (SSSR count). The summed E-state index contributed by atoms with van der Waals surface area (Å²) < 4.78 is 0. The van der Waals surface area contributed by atoms with Crippen LogP contribution in [-0.4, -0.2) is 30.6 Å². The van der Waals surface area contributed by atoms with E-state index in [1.165, 1.54) is 58.0 Å². The van der Waals surface area contributed by atoms with Gasteiger partial charge in [-0.25, -0.2) is 0 Å². The molecule has 0 aromatic carbocycles. The lowest BCUT2D eigenvalue weighted by Crippen LogP contribution is -2.50. The van der Waals surface area contributed by atoms with Crippen molar-refractivity contribution in [3.8, 4) is 0 Å². The van der Waals surface area contributed by atoms with E-state index in [0.717, 1.165) is 24.3 Å². The molecule has 2 heteroatoms. The van der Waals surface area contributed by atoms with Gasteiger partial charge in [0, 0.05) is 19.1 Å². The lowest BCUT2D eigenvalue weighted by atomic mass is 9.78. The Morgan fingerprint density at radius 2 is 1.89 bits per heavy atom. The summed E-state index contributed by atoms with van der Waals surface area (Å²) in [5.41, 5.74) is 6.11. The van der Waals surface area contributed by atoms with E-state index < -0.39 is 0 Å². The zero-order valence-corrected chi connectivity index (χ0v) is 12.4. The van der Waals surface area contributed by atoms with Crippen molar-refractivity contribution < 1.29 is 0 Å². The van der Waals surface area contributed by atoms with Crippen molar-refractivity contribution in [3.05, 3.63) is 0 Å². The molecule has 18 heavy (non-hydrogen) atoms. The fourth-order valence-electron chi connectivity index (χ4n) is 4.04. The molecule has 2 N–H and O–H groups in total. The fourth-order valence-corrected chi connectivity index (χ4v) is 4.04. The SMILES string of the molecule is CCC1CCCN(C(CN)C2CCC(C)CC2)C1. The van der Waals surface area contributed by atoms with Crippen LogP contribution in [-0.2, 0) is 0 Å². The standard InChI is InChI=1S/C16H32N2/c1-3-14-5-4-10-18(12-14)16(11-17)15-8-6-13(2)7-9-15/h13-16H,3-12,17H2,1-2H3. The summed E-state index contributed by atoms with van der Waals surface area (Å²) in [6.45, 7) is 8.22. The van der Waals surface area contributed by atoms with Gasteiger partial charge in [0.1, 0.15) is 0 Å². The van der Waals surface area contributed by atoms with E-state index in [1.807, 2.05) is 0 Å². The lowest BCUT2D eigenvalue weighted by Gasteiger charge is -2.43. The summed E-state index contributed by atoms with van der Waals surface area (Å²) in [6.07, 6.45) is 9.84. The first-order chi connectivity index (χ1) is 8.74. The van der Waals surface area contributed by atoms with Gasteiger partial charge in [-0.1, -0.05) is 33.1 Å². The molecule has 2 fully saturated rings. The average Bonchev–Trinajstić information content (AvgIpc) is 2.42. The first kappa shape index (κ1) is 14.3. The van der Waals surface area contributed by atoms with Crippen LogP contribution in [0.3, 0.4) is 0 Å². The van der Waals surface area contributed by atoms with Gasteiger partial charge in [-0.05, 0) is 50.0 Å².